The fourth-order valence-electron chi connectivity index (χ4n) is 3.55. The van der Waals surface area contributed by atoms with Crippen LogP contribution in [-0.4, -0.2) is 33.1 Å². The Kier molecular flexibility index (Phi) is 4.44. The largest absolute Gasteiger partial charge is 0.496 e. The fourth-order valence-corrected chi connectivity index (χ4v) is 5.55. The minimum absolute atomic E-state index is 0.110. The average molecular weight is 375 g/mol. The molecule has 1 heterocycles. The van der Waals surface area contributed by atoms with Crippen LogP contribution in [0.25, 0.3) is 0 Å². The summed E-state index contributed by atoms with van der Waals surface area (Å²) in [6.45, 7) is 5.17. The number of methoxy groups -OCH3 is 1. The molecular formula is C19H21NO5S. The Labute approximate surface area is 153 Å². The number of anilines is 1. The highest BCUT2D eigenvalue weighted by Crippen LogP contribution is 2.41. The Balaban J connectivity index is 2.20. The van der Waals surface area contributed by atoms with Crippen molar-refractivity contribution in [2.45, 2.75) is 31.6 Å². The first-order chi connectivity index (χ1) is 12.2. The minimum Gasteiger partial charge on any atom is -0.496 e. The number of hydrogen-bond acceptors (Lipinski definition) is 4. The van der Waals surface area contributed by atoms with Crippen molar-refractivity contribution in [3.63, 3.8) is 0 Å². The van der Waals surface area contributed by atoms with Gasteiger partial charge in [-0.1, -0.05) is 18.2 Å². The van der Waals surface area contributed by atoms with Crippen molar-refractivity contribution in [1.82, 2.24) is 0 Å². The van der Waals surface area contributed by atoms with Crippen molar-refractivity contribution in [2.24, 2.45) is 0 Å². The fraction of sp³-hybridized carbons (Fsp3) is 0.316. The molecule has 138 valence electrons. The van der Waals surface area contributed by atoms with Gasteiger partial charge < -0.3 is 9.84 Å². The number of carboxylic acids is 1. The molecule has 1 atom stereocenters. The summed E-state index contributed by atoms with van der Waals surface area (Å²) in [6, 6.07) is 8.45. The van der Waals surface area contributed by atoms with Crippen LogP contribution < -0.4 is 9.04 Å². The lowest BCUT2D eigenvalue weighted by Crippen LogP contribution is -2.32. The first kappa shape index (κ1) is 18.3. The van der Waals surface area contributed by atoms with Gasteiger partial charge in [0.25, 0.3) is 10.0 Å². The molecule has 3 rings (SSSR count). The molecule has 0 amide bonds. The zero-order valence-corrected chi connectivity index (χ0v) is 15.9. The van der Waals surface area contributed by atoms with Crippen LogP contribution in [0, 0.1) is 20.8 Å². The van der Waals surface area contributed by atoms with Gasteiger partial charge in [0.2, 0.25) is 0 Å². The molecule has 0 spiro atoms. The van der Waals surface area contributed by atoms with Gasteiger partial charge in [0.15, 0.2) is 0 Å². The topological polar surface area (TPSA) is 83.9 Å². The van der Waals surface area contributed by atoms with Crippen LogP contribution >= 0.6 is 0 Å². The van der Waals surface area contributed by atoms with Crippen molar-refractivity contribution in [3.05, 3.63) is 52.6 Å². The summed E-state index contributed by atoms with van der Waals surface area (Å²) in [4.78, 5) is 11.8. The number of aliphatic carboxylic acids is 1. The van der Waals surface area contributed by atoms with Crippen molar-refractivity contribution in [1.29, 1.82) is 0 Å². The normalized spacial score (nSPS) is 16.5. The number of rotatable bonds is 4. The van der Waals surface area contributed by atoms with Crippen LogP contribution in [0.5, 0.6) is 5.75 Å². The number of para-hydroxylation sites is 1. The van der Waals surface area contributed by atoms with Crippen molar-refractivity contribution < 1.29 is 23.1 Å². The van der Waals surface area contributed by atoms with E-state index in [1.54, 1.807) is 51.3 Å². The van der Waals surface area contributed by atoms with Crippen LogP contribution in [0.1, 0.15) is 28.2 Å². The summed E-state index contributed by atoms with van der Waals surface area (Å²) in [6.07, 6.45) is 0. The van der Waals surface area contributed by atoms with Gasteiger partial charge in [0.1, 0.15) is 11.7 Å². The summed E-state index contributed by atoms with van der Waals surface area (Å²) >= 11 is 0. The number of carboxylic acid groups (broad SMARTS) is 1. The summed E-state index contributed by atoms with van der Waals surface area (Å²) in [5, 5.41) is 9.50. The molecule has 1 unspecified atom stereocenters. The molecule has 2 aromatic carbocycles. The molecule has 0 saturated heterocycles. The van der Waals surface area contributed by atoms with Crippen molar-refractivity contribution in [3.8, 4) is 5.75 Å². The van der Waals surface area contributed by atoms with E-state index < -0.39 is 21.9 Å². The second kappa shape index (κ2) is 6.32. The van der Waals surface area contributed by atoms with E-state index in [1.807, 2.05) is 6.92 Å². The Hall–Kier alpha value is -2.54. The molecule has 7 heteroatoms. The molecule has 0 saturated carbocycles. The van der Waals surface area contributed by atoms with Gasteiger partial charge in [0, 0.05) is 0 Å². The van der Waals surface area contributed by atoms with E-state index >= 15 is 0 Å². The molecular weight excluding hydrogens is 354 g/mol. The maximum Gasteiger partial charge on any atom is 0.312 e. The third-order valence-corrected chi connectivity index (χ3v) is 7.04. The molecule has 1 aliphatic rings. The maximum absolute atomic E-state index is 13.5. The SMILES string of the molecule is COc1cc(C)c(S(=O)(=O)N2CC(C(=O)O)c3ccccc32)c(C)c1C. The van der Waals surface area contributed by atoms with Gasteiger partial charge in [-0.05, 0) is 55.2 Å². The molecule has 0 fully saturated rings. The van der Waals surface area contributed by atoms with E-state index in [4.69, 9.17) is 4.74 Å². The zero-order chi connectivity index (χ0) is 19.2. The van der Waals surface area contributed by atoms with Gasteiger partial charge in [0.05, 0.1) is 24.2 Å². The highest BCUT2D eigenvalue weighted by Gasteiger charge is 2.41. The molecule has 2 aromatic rings. The Bertz CT molecular complexity index is 997. The minimum atomic E-state index is -3.91. The van der Waals surface area contributed by atoms with Gasteiger partial charge in [-0.2, -0.15) is 0 Å². The third kappa shape index (κ3) is 2.63. The number of ether oxygens (including phenoxy) is 1. The number of carbonyl (C=O) groups is 1. The average Bonchev–Trinajstić information content (AvgIpc) is 2.98. The summed E-state index contributed by atoms with van der Waals surface area (Å²) in [5.74, 6) is -1.28. The Morgan fingerprint density at radius 1 is 1.19 bits per heavy atom. The van der Waals surface area contributed by atoms with E-state index in [1.165, 1.54) is 4.31 Å². The quantitative estimate of drug-likeness (QED) is 0.888. The lowest BCUT2D eigenvalue weighted by molar-refractivity contribution is -0.138. The van der Waals surface area contributed by atoms with Gasteiger partial charge >= 0.3 is 5.97 Å². The molecule has 1 aliphatic heterocycles. The summed E-state index contributed by atoms with van der Waals surface area (Å²) < 4.78 is 33.4. The van der Waals surface area contributed by atoms with Crippen LogP contribution in [-0.2, 0) is 14.8 Å². The number of nitrogens with zero attached hydrogens (tertiary/aromatic N) is 1. The summed E-state index contributed by atoms with van der Waals surface area (Å²) in [7, 11) is -2.37. The second-order valence-corrected chi connectivity index (χ2v) is 8.26. The van der Waals surface area contributed by atoms with Crippen LogP contribution in [0.4, 0.5) is 5.69 Å². The van der Waals surface area contributed by atoms with Gasteiger partial charge in [-0.25, -0.2) is 8.42 Å². The number of aryl methyl sites for hydroxylation is 1. The molecule has 0 bridgehead atoms. The maximum atomic E-state index is 13.5. The third-order valence-electron chi connectivity index (χ3n) is 4.97. The number of fused-ring (bicyclic) bond motifs is 1. The number of hydrogen-bond donors (Lipinski definition) is 1. The molecule has 0 aromatic heterocycles. The van der Waals surface area contributed by atoms with E-state index in [-0.39, 0.29) is 11.4 Å². The highest BCUT2D eigenvalue weighted by molar-refractivity contribution is 7.93. The van der Waals surface area contributed by atoms with E-state index in [0.717, 1.165) is 5.56 Å². The van der Waals surface area contributed by atoms with Crippen molar-refractivity contribution in [2.75, 3.05) is 18.0 Å². The van der Waals surface area contributed by atoms with Gasteiger partial charge in [-0.3, -0.25) is 9.10 Å². The molecule has 1 N–H and O–H groups in total. The number of sulfonamides is 1. The van der Waals surface area contributed by atoms with E-state index in [2.05, 4.69) is 0 Å². The molecule has 0 radical (unpaired) electrons. The monoisotopic (exact) mass is 375 g/mol. The first-order valence-electron chi connectivity index (χ1n) is 8.19. The Morgan fingerprint density at radius 3 is 2.46 bits per heavy atom. The van der Waals surface area contributed by atoms with Crippen LogP contribution in [0.3, 0.4) is 0 Å². The molecule has 0 aliphatic carbocycles. The van der Waals surface area contributed by atoms with E-state index in [9.17, 15) is 18.3 Å². The predicted molar refractivity (Wildman–Crippen MR) is 98.6 cm³/mol. The standard InChI is InChI=1S/C19H21NO5S/c1-11-9-17(25-4)12(2)13(3)18(11)26(23,24)20-10-15(19(21)22)14-7-5-6-8-16(14)20/h5-9,15H,10H2,1-4H3,(H,21,22). The Morgan fingerprint density at radius 2 is 1.85 bits per heavy atom. The van der Waals surface area contributed by atoms with Crippen LogP contribution in [0.15, 0.2) is 35.2 Å². The number of benzene rings is 2. The van der Waals surface area contributed by atoms with Crippen LogP contribution in [0.2, 0.25) is 0 Å². The zero-order valence-electron chi connectivity index (χ0n) is 15.1. The summed E-state index contributed by atoms with van der Waals surface area (Å²) in [5.41, 5.74) is 2.87. The molecule has 6 nitrogen and oxygen atoms in total. The van der Waals surface area contributed by atoms with E-state index in [0.29, 0.717) is 28.1 Å². The lowest BCUT2D eigenvalue weighted by atomic mass is 10.0. The van der Waals surface area contributed by atoms with Gasteiger partial charge in [-0.15, -0.1) is 0 Å². The van der Waals surface area contributed by atoms with Crippen molar-refractivity contribution >= 4 is 21.7 Å². The second-order valence-electron chi connectivity index (χ2n) is 6.46. The highest BCUT2D eigenvalue weighted by atomic mass is 32.2. The lowest BCUT2D eigenvalue weighted by Gasteiger charge is -2.23. The molecule has 26 heavy (non-hydrogen) atoms. The first-order valence-corrected chi connectivity index (χ1v) is 9.63. The smallest absolute Gasteiger partial charge is 0.312 e. The predicted octanol–water partition coefficient (Wildman–Crippen LogP) is 3.00.